The van der Waals surface area contributed by atoms with Gasteiger partial charge in [-0.2, -0.15) is 5.10 Å². The van der Waals surface area contributed by atoms with Gasteiger partial charge < -0.3 is 4.74 Å². The predicted octanol–water partition coefficient (Wildman–Crippen LogP) is 2.91. The summed E-state index contributed by atoms with van der Waals surface area (Å²) in [6.45, 7) is 3.66. The van der Waals surface area contributed by atoms with Gasteiger partial charge in [0.2, 0.25) is 0 Å². The quantitative estimate of drug-likeness (QED) is 0.677. The zero-order valence-corrected chi connectivity index (χ0v) is 12.1. The van der Waals surface area contributed by atoms with Gasteiger partial charge in [-0.1, -0.05) is 42.5 Å². The Morgan fingerprint density at radius 3 is 2.67 bits per heavy atom. The number of rotatable bonds is 5. The summed E-state index contributed by atoms with van der Waals surface area (Å²) < 4.78 is 5.57. The van der Waals surface area contributed by atoms with Crippen molar-refractivity contribution in [1.29, 1.82) is 0 Å². The highest BCUT2D eigenvalue weighted by atomic mass is 16.5. The van der Waals surface area contributed by atoms with Crippen LogP contribution >= 0.6 is 0 Å². The number of hydrazone groups is 1. The number of amides is 1. The van der Waals surface area contributed by atoms with Crippen LogP contribution in [-0.4, -0.2) is 18.2 Å². The minimum Gasteiger partial charge on any atom is -0.481 e. The predicted molar refractivity (Wildman–Crippen MR) is 83.4 cm³/mol. The van der Waals surface area contributed by atoms with Gasteiger partial charge >= 0.3 is 0 Å². The Hall–Kier alpha value is -2.62. The van der Waals surface area contributed by atoms with E-state index in [1.807, 2.05) is 61.5 Å². The van der Waals surface area contributed by atoms with Crippen molar-refractivity contribution in [2.24, 2.45) is 5.10 Å². The van der Waals surface area contributed by atoms with Crippen LogP contribution in [0, 0.1) is 6.92 Å². The molecule has 4 nitrogen and oxygen atoms in total. The number of carbonyl (C=O) groups is 1. The molecule has 0 aromatic heterocycles. The molecule has 21 heavy (non-hydrogen) atoms. The minimum absolute atomic E-state index is 0.288. The average molecular weight is 282 g/mol. The molecule has 2 aromatic rings. The molecular formula is C17H18N2O2. The summed E-state index contributed by atoms with van der Waals surface area (Å²) in [5.74, 6) is 0.383. The van der Waals surface area contributed by atoms with Gasteiger partial charge in [0.25, 0.3) is 5.91 Å². The zero-order chi connectivity index (χ0) is 15.1. The van der Waals surface area contributed by atoms with Crippen LogP contribution in [0.25, 0.3) is 0 Å². The molecular weight excluding hydrogens is 264 g/mol. The van der Waals surface area contributed by atoms with Crippen molar-refractivity contribution in [3.8, 4) is 5.75 Å². The first-order valence-corrected chi connectivity index (χ1v) is 6.76. The summed E-state index contributed by atoms with van der Waals surface area (Å²) >= 11 is 0. The second-order valence-corrected chi connectivity index (χ2v) is 4.72. The smallest absolute Gasteiger partial charge is 0.280 e. The molecule has 1 N–H and O–H groups in total. The average Bonchev–Trinajstić information content (AvgIpc) is 2.48. The van der Waals surface area contributed by atoms with Crippen LogP contribution in [0.4, 0.5) is 0 Å². The van der Waals surface area contributed by atoms with Crippen molar-refractivity contribution < 1.29 is 9.53 Å². The first-order valence-electron chi connectivity index (χ1n) is 6.76. The highest BCUT2D eigenvalue weighted by Crippen LogP contribution is 2.14. The lowest BCUT2D eigenvalue weighted by molar-refractivity contribution is -0.127. The summed E-state index contributed by atoms with van der Waals surface area (Å²) in [4.78, 5) is 11.9. The summed E-state index contributed by atoms with van der Waals surface area (Å²) in [5.41, 5.74) is 4.48. The fraction of sp³-hybridized carbons (Fsp3) is 0.176. The van der Waals surface area contributed by atoms with Crippen LogP contribution in [0.15, 0.2) is 59.7 Å². The van der Waals surface area contributed by atoms with Crippen LogP contribution in [0.5, 0.6) is 5.75 Å². The van der Waals surface area contributed by atoms with E-state index in [1.54, 1.807) is 13.1 Å². The molecule has 0 unspecified atom stereocenters. The second kappa shape index (κ2) is 7.24. The molecule has 0 saturated heterocycles. The van der Waals surface area contributed by atoms with Crippen LogP contribution in [0.3, 0.4) is 0 Å². The third kappa shape index (κ3) is 4.76. The first-order chi connectivity index (χ1) is 10.1. The zero-order valence-electron chi connectivity index (χ0n) is 12.1. The van der Waals surface area contributed by atoms with Gasteiger partial charge in [0.1, 0.15) is 5.75 Å². The Bertz CT molecular complexity index is 624. The number of carbonyl (C=O) groups excluding carboxylic acids is 1. The third-order valence-corrected chi connectivity index (χ3v) is 2.86. The molecule has 0 aliphatic carbocycles. The van der Waals surface area contributed by atoms with Gasteiger partial charge in [0.15, 0.2) is 6.10 Å². The fourth-order valence-electron chi connectivity index (χ4n) is 1.75. The number of nitrogens with zero attached hydrogens (tertiary/aromatic N) is 1. The molecule has 0 bridgehead atoms. The molecule has 0 heterocycles. The standard InChI is InChI=1S/C17H18N2O2/c1-13-7-6-10-16(11-13)21-14(2)17(20)19-18-12-15-8-4-3-5-9-15/h3-12,14H,1-2H3,(H,19,20)/b18-12+/t14-/m0/s1. The molecule has 0 saturated carbocycles. The maximum atomic E-state index is 11.9. The van der Waals surface area contributed by atoms with E-state index >= 15 is 0 Å². The normalized spacial score (nSPS) is 12.1. The molecule has 1 atom stereocenters. The van der Waals surface area contributed by atoms with E-state index in [4.69, 9.17) is 4.74 Å². The largest absolute Gasteiger partial charge is 0.481 e. The highest BCUT2D eigenvalue weighted by molar-refractivity contribution is 5.84. The second-order valence-electron chi connectivity index (χ2n) is 4.72. The van der Waals surface area contributed by atoms with Crippen molar-refractivity contribution in [3.63, 3.8) is 0 Å². The van der Waals surface area contributed by atoms with Crippen LogP contribution in [-0.2, 0) is 4.79 Å². The Morgan fingerprint density at radius 1 is 1.19 bits per heavy atom. The molecule has 0 radical (unpaired) electrons. The van der Waals surface area contributed by atoms with E-state index in [9.17, 15) is 4.79 Å². The molecule has 1 amide bonds. The minimum atomic E-state index is -0.611. The van der Waals surface area contributed by atoms with Crippen LogP contribution < -0.4 is 10.2 Å². The van der Waals surface area contributed by atoms with Gasteiger partial charge in [0.05, 0.1) is 6.21 Å². The third-order valence-electron chi connectivity index (χ3n) is 2.86. The number of hydrogen-bond acceptors (Lipinski definition) is 3. The maximum Gasteiger partial charge on any atom is 0.280 e. The van der Waals surface area contributed by atoms with E-state index in [1.165, 1.54) is 0 Å². The lowest BCUT2D eigenvalue weighted by Crippen LogP contribution is -2.33. The first kappa shape index (κ1) is 14.8. The Morgan fingerprint density at radius 2 is 1.95 bits per heavy atom. The molecule has 108 valence electrons. The fourth-order valence-corrected chi connectivity index (χ4v) is 1.75. The molecule has 2 aromatic carbocycles. The molecule has 0 aliphatic rings. The Labute approximate surface area is 124 Å². The van der Waals surface area contributed by atoms with E-state index in [0.717, 1.165) is 11.1 Å². The van der Waals surface area contributed by atoms with Gasteiger partial charge in [-0.3, -0.25) is 4.79 Å². The topological polar surface area (TPSA) is 50.7 Å². The number of aryl methyl sites for hydroxylation is 1. The van der Waals surface area contributed by atoms with Crippen molar-refractivity contribution in [2.45, 2.75) is 20.0 Å². The van der Waals surface area contributed by atoms with Crippen LogP contribution in [0.2, 0.25) is 0 Å². The van der Waals surface area contributed by atoms with Gasteiger partial charge in [-0.25, -0.2) is 5.43 Å². The van der Waals surface area contributed by atoms with E-state index < -0.39 is 6.10 Å². The summed E-state index contributed by atoms with van der Waals surface area (Å²) in [6, 6.07) is 17.1. The van der Waals surface area contributed by atoms with E-state index in [-0.39, 0.29) is 5.91 Å². The van der Waals surface area contributed by atoms with Crippen molar-refractivity contribution >= 4 is 12.1 Å². The van der Waals surface area contributed by atoms with Crippen molar-refractivity contribution in [1.82, 2.24) is 5.43 Å². The SMILES string of the molecule is Cc1cccc(O[C@@H](C)C(=O)N/N=C/c2ccccc2)c1. The monoisotopic (exact) mass is 282 g/mol. The summed E-state index contributed by atoms with van der Waals surface area (Å²) in [6.07, 6.45) is 0.983. The molecule has 4 heteroatoms. The Kier molecular flexibility index (Phi) is 5.10. The summed E-state index contributed by atoms with van der Waals surface area (Å²) in [5, 5.41) is 3.92. The van der Waals surface area contributed by atoms with Crippen molar-refractivity contribution in [2.75, 3.05) is 0 Å². The van der Waals surface area contributed by atoms with Gasteiger partial charge in [-0.15, -0.1) is 0 Å². The van der Waals surface area contributed by atoms with Crippen molar-refractivity contribution in [3.05, 3.63) is 65.7 Å². The highest BCUT2D eigenvalue weighted by Gasteiger charge is 2.13. The lowest BCUT2D eigenvalue weighted by atomic mass is 10.2. The van der Waals surface area contributed by atoms with E-state index in [2.05, 4.69) is 10.5 Å². The molecule has 2 rings (SSSR count). The maximum absolute atomic E-state index is 11.9. The Balaban J connectivity index is 1.87. The number of nitrogens with one attached hydrogen (secondary N) is 1. The number of benzene rings is 2. The molecule has 0 fully saturated rings. The van der Waals surface area contributed by atoms with Gasteiger partial charge in [0, 0.05) is 0 Å². The lowest BCUT2D eigenvalue weighted by Gasteiger charge is -2.13. The molecule has 0 aliphatic heterocycles. The van der Waals surface area contributed by atoms with E-state index in [0.29, 0.717) is 5.75 Å². The van der Waals surface area contributed by atoms with Crippen LogP contribution in [0.1, 0.15) is 18.1 Å². The van der Waals surface area contributed by atoms with Gasteiger partial charge in [-0.05, 0) is 37.1 Å². The number of hydrogen-bond donors (Lipinski definition) is 1. The summed E-state index contributed by atoms with van der Waals surface area (Å²) in [7, 11) is 0. The number of ether oxygens (including phenoxy) is 1. The molecule has 0 spiro atoms.